The van der Waals surface area contributed by atoms with Crippen LogP contribution in [0.25, 0.3) is 0 Å². The van der Waals surface area contributed by atoms with Crippen LogP contribution < -0.4 is 14.8 Å². The van der Waals surface area contributed by atoms with E-state index in [-0.39, 0.29) is 11.2 Å². The summed E-state index contributed by atoms with van der Waals surface area (Å²) in [6.45, 7) is 4.99. The van der Waals surface area contributed by atoms with Crippen LogP contribution >= 0.6 is 34.9 Å². The smallest absolute Gasteiger partial charge is 0.237 e. The lowest BCUT2D eigenvalue weighted by atomic mass is 10.2. The van der Waals surface area contributed by atoms with Gasteiger partial charge in [-0.1, -0.05) is 41.8 Å². The molecule has 0 saturated heterocycles. The maximum Gasteiger partial charge on any atom is 0.237 e. The second-order valence-electron chi connectivity index (χ2n) is 4.87. The van der Waals surface area contributed by atoms with Crippen LogP contribution in [0.5, 0.6) is 11.5 Å². The van der Waals surface area contributed by atoms with Crippen LogP contribution in [0, 0.1) is 0 Å². The van der Waals surface area contributed by atoms with Crippen molar-refractivity contribution in [2.24, 2.45) is 0 Å². The van der Waals surface area contributed by atoms with E-state index in [9.17, 15) is 4.79 Å². The van der Waals surface area contributed by atoms with Crippen LogP contribution in [0.15, 0.2) is 26.9 Å². The molecule has 128 valence electrons. The van der Waals surface area contributed by atoms with Crippen molar-refractivity contribution in [2.45, 2.75) is 27.8 Å². The molecule has 9 heteroatoms. The van der Waals surface area contributed by atoms with E-state index >= 15 is 0 Å². The molecule has 1 atom stereocenters. The van der Waals surface area contributed by atoms with Gasteiger partial charge in [-0.05, 0) is 24.8 Å². The first kappa shape index (κ1) is 17.4. The van der Waals surface area contributed by atoms with Gasteiger partial charge in [-0.2, -0.15) is 0 Å². The maximum absolute atomic E-state index is 12.4. The minimum absolute atomic E-state index is 0.0865. The molecule has 0 unspecified atom stereocenters. The van der Waals surface area contributed by atoms with Crippen molar-refractivity contribution >= 4 is 46.5 Å². The van der Waals surface area contributed by atoms with Gasteiger partial charge < -0.3 is 14.8 Å². The van der Waals surface area contributed by atoms with Gasteiger partial charge in [0, 0.05) is 11.8 Å². The second-order valence-corrected chi connectivity index (χ2v) is 8.95. The van der Waals surface area contributed by atoms with Gasteiger partial charge in [-0.25, -0.2) is 0 Å². The van der Waals surface area contributed by atoms with E-state index in [2.05, 4.69) is 22.4 Å². The normalized spacial score (nSPS) is 14.2. The summed E-state index contributed by atoms with van der Waals surface area (Å²) in [6, 6.07) is 5.40. The largest absolute Gasteiger partial charge is 0.486 e. The Morgan fingerprint density at radius 1 is 1.29 bits per heavy atom. The average molecular weight is 384 g/mol. The van der Waals surface area contributed by atoms with E-state index in [4.69, 9.17) is 9.47 Å². The molecular formula is C15H17N3O3S3. The molecule has 24 heavy (non-hydrogen) atoms. The number of fused-ring (bicyclic) bond motifs is 1. The van der Waals surface area contributed by atoms with Gasteiger partial charge in [0.15, 0.2) is 20.2 Å². The second kappa shape index (κ2) is 8.09. The summed E-state index contributed by atoms with van der Waals surface area (Å²) in [6.07, 6.45) is 0. The number of nitrogens with one attached hydrogen (secondary N) is 1. The van der Waals surface area contributed by atoms with Crippen molar-refractivity contribution in [3.63, 3.8) is 0 Å². The number of carbonyl (C=O) groups excluding carboxylic acids is 1. The van der Waals surface area contributed by atoms with Crippen molar-refractivity contribution in [3.05, 3.63) is 18.2 Å². The first-order valence-corrected chi connectivity index (χ1v) is 10.2. The molecule has 0 fully saturated rings. The number of aromatic nitrogens is 2. The van der Waals surface area contributed by atoms with Gasteiger partial charge in [0.2, 0.25) is 5.91 Å². The molecule has 0 saturated carbocycles. The number of rotatable bonds is 6. The summed E-state index contributed by atoms with van der Waals surface area (Å²) in [5.41, 5.74) is 0.691. The number of carbonyl (C=O) groups is 1. The number of hydrogen-bond acceptors (Lipinski definition) is 8. The predicted molar refractivity (Wildman–Crippen MR) is 97.7 cm³/mol. The summed E-state index contributed by atoms with van der Waals surface area (Å²) >= 11 is 4.58. The van der Waals surface area contributed by atoms with Crippen molar-refractivity contribution in [1.29, 1.82) is 0 Å². The molecule has 0 spiro atoms. The van der Waals surface area contributed by atoms with Gasteiger partial charge in [0.1, 0.15) is 13.2 Å². The van der Waals surface area contributed by atoms with E-state index in [0.717, 1.165) is 14.4 Å². The molecule has 0 aliphatic carbocycles. The van der Waals surface area contributed by atoms with Crippen molar-refractivity contribution in [2.75, 3.05) is 24.3 Å². The van der Waals surface area contributed by atoms with Crippen LogP contribution in [0.3, 0.4) is 0 Å². The van der Waals surface area contributed by atoms with E-state index < -0.39 is 0 Å². The summed E-state index contributed by atoms with van der Waals surface area (Å²) in [4.78, 5) is 12.4. The Hall–Kier alpha value is -1.45. The molecule has 1 N–H and O–H groups in total. The molecule has 0 bridgehead atoms. The first-order chi connectivity index (χ1) is 11.7. The number of benzene rings is 1. The third-order valence-electron chi connectivity index (χ3n) is 3.11. The standard InChI is InChI=1S/C15H17N3O3S3/c1-3-22-14-17-18-15(24-14)23-9(2)13(19)16-10-4-5-11-12(8-10)21-7-6-20-11/h4-5,8-9H,3,6-7H2,1-2H3,(H,16,19)/t9-/m0/s1. The Labute approximate surface area is 152 Å². The van der Waals surface area contributed by atoms with Crippen LogP contribution in [-0.4, -0.2) is 40.3 Å². The van der Waals surface area contributed by atoms with Gasteiger partial charge in [0.05, 0.1) is 5.25 Å². The number of hydrogen-bond donors (Lipinski definition) is 1. The lowest BCUT2D eigenvalue weighted by molar-refractivity contribution is -0.115. The minimum atomic E-state index is -0.273. The Balaban J connectivity index is 1.59. The highest BCUT2D eigenvalue weighted by atomic mass is 32.2. The van der Waals surface area contributed by atoms with Gasteiger partial charge in [-0.15, -0.1) is 10.2 Å². The lowest BCUT2D eigenvalue weighted by Gasteiger charge is -2.19. The fraction of sp³-hybridized carbons (Fsp3) is 0.400. The summed E-state index contributed by atoms with van der Waals surface area (Å²) in [5, 5.41) is 10.8. The minimum Gasteiger partial charge on any atom is -0.486 e. The summed E-state index contributed by atoms with van der Waals surface area (Å²) in [5.74, 6) is 2.23. The predicted octanol–water partition coefficient (Wildman–Crippen LogP) is 3.54. The highest BCUT2D eigenvalue weighted by molar-refractivity contribution is 8.03. The number of nitrogens with zero attached hydrogens (tertiary/aromatic N) is 2. The third kappa shape index (κ3) is 4.34. The van der Waals surface area contributed by atoms with Crippen molar-refractivity contribution in [1.82, 2.24) is 10.2 Å². The highest BCUT2D eigenvalue weighted by Gasteiger charge is 2.19. The summed E-state index contributed by atoms with van der Waals surface area (Å²) < 4.78 is 12.7. The molecule has 1 aliphatic heterocycles. The number of anilines is 1. The molecule has 0 radical (unpaired) electrons. The van der Waals surface area contributed by atoms with E-state index in [1.54, 1.807) is 23.9 Å². The molecule has 6 nitrogen and oxygen atoms in total. The van der Waals surface area contributed by atoms with Crippen LogP contribution in [0.4, 0.5) is 5.69 Å². The molecule has 1 amide bonds. The van der Waals surface area contributed by atoms with Crippen LogP contribution in [-0.2, 0) is 4.79 Å². The molecule has 2 aromatic rings. The van der Waals surface area contributed by atoms with Gasteiger partial charge in [-0.3, -0.25) is 4.79 Å². The molecule has 2 heterocycles. The lowest BCUT2D eigenvalue weighted by Crippen LogP contribution is -2.22. The highest BCUT2D eigenvalue weighted by Crippen LogP contribution is 2.34. The molecule has 3 rings (SSSR count). The average Bonchev–Trinajstić information content (AvgIpc) is 3.02. The summed E-state index contributed by atoms with van der Waals surface area (Å²) in [7, 11) is 0. The zero-order valence-corrected chi connectivity index (χ0v) is 15.7. The molecule has 1 aromatic carbocycles. The Morgan fingerprint density at radius 3 is 2.83 bits per heavy atom. The molecular weight excluding hydrogens is 366 g/mol. The van der Waals surface area contributed by atoms with Gasteiger partial charge >= 0.3 is 0 Å². The van der Waals surface area contributed by atoms with E-state index in [0.29, 0.717) is 30.4 Å². The number of amides is 1. The Morgan fingerprint density at radius 2 is 2.04 bits per heavy atom. The van der Waals surface area contributed by atoms with Crippen LogP contribution in [0.2, 0.25) is 0 Å². The van der Waals surface area contributed by atoms with Crippen molar-refractivity contribution < 1.29 is 14.3 Å². The van der Waals surface area contributed by atoms with E-state index in [1.165, 1.54) is 23.1 Å². The fourth-order valence-corrected chi connectivity index (χ4v) is 5.06. The fourth-order valence-electron chi connectivity index (χ4n) is 2.00. The van der Waals surface area contributed by atoms with Gasteiger partial charge in [0.25, 0.3) is 0 Å². The Kier molecular flexibility index (Phi) is 5.85. The topological polar surface area (TPSA) is 73.3 Å². The third-order valence-corrected chi connectivity index (χ3v) is 6.24. The van der Waals surface area contributed by atoms with Crippen molar-refractivity contribution in [3.8, 4) is 11.5 Å². The Bertz CT molecular complexity index is 723. The monoisotopic (exact) mass is 383 g/mol. The molecule has 1 aliphatic rings. The maximum atomic E-state index is 12.4. The molecule has 1 aromatic heterocycles. The van der Waals surface area contributed by atoms with Crippen LogP contribution in [0.1, 0.15) is 13.8 Å². The zero-order valence-electron chi connectivity index (χ0n) is 13.3. The first-order valence-electron chi connectivity index (χ1n) is 7.49. The SMILES string of the molecule is CCSc1nnc(S[C@@H](C)C(=O)Nc2ccc3c(c2)OCCO3)s1. The van der Waals surface area contributed by atoms with E-state index in [1.807, 2.05) is 13.0 Å². The number of ether oxygens (including phenoxy) is 2. The quantitative estimate of drug-likeness (QED) is 0.765. The number of thioether (sulfide) groups is 2. The zero-order chi connectivity index (χ0) is 16.9.